The van der Waals surface area contributed by atoms with Gasteiger partial charge in [0.15, 0.2) is 0 Å². The Labute approximate surface area is 274 Å². The first-order valence-corrected chi connectivity index (χ1v) is 18.9. The van der Waals surface area contributed by atoms with Crippen LogP contribution in [0.4, 0.5) is 0 Å². The van der Waals surface area contributed by atoms with Crippen molar-refractivity contribution in [3.63, 3.8) is 0 Å². The van der Waals surface area contributed by atoms with Gasteiger partial charge in [-0.2, -0.15) is 0 Å². The van der Waals surface area contributed by atoms with Crippen molar-refractivity contribution in [3.8, 4) is 11.3 Å². The number of aromatic nitrogens is 2. The van der Waals surface area contributed by atoms with Gasteiger partial charge in [0.1, 0.15) is 5.82 Å². The highest BCUT2D eigenvalue weighted by Crippen LogP contribution is 2.71. The Kier molecular flexibility index (Phi) is 9.11. The van der Waals surface area contributed by atoms with E-state index in [0.29, 0.717) is 22.7 Å². The maximum atomic E-state index is 14.4. The first-order chi connectivity index (χ1) is 21.5. The second kappa shape index (κ2) is 12.5. The van der Waals surface area contributed by atoms with Gasteiger partial charge in [-0.05, 0) is 124 Å². The van der Waals surface area contributed by atoms with Crippen LogP contribution in [0.25, 0.3) is 11.3 Å². The molecule has 0 bridgehead atoms. The van der Waals surface area contributed by atoms with E-state index in [0.717, 1.165) is 59.5 Å². The fourth-order valence-corrected chi connectivity index (χ4v) is 12.2. The van der Waals surface area contributed by atoms with Crippen molar-refractivity contribution in [2.45, 2.75) is 144 Å². The van der Waals surface area contributed by atoms with E-state index in [2.05, 4.69) is 70.9 Å². The summed E-state index contributed by atoms with van der Waals surface area (Å²) in [5.41, 5.74) is 2.37. The molecule has 7 rings (SSSR count). The second-order valence-electron chi connectivity index (χ2n) is 17.2. The van der Waals surface area contributed by atoms with E-state index in [1.807, 2.05) is 24.4 Å². The van der Waals surface area contributed by atoms with Crippen molar-refractivity contribution in [1.82, 2.24) is 15.3 Å². The van der Waals surface area contributed by atoms with Crippen LogP contribution in [0.2, 0.25) is 0 Å². The van der Waals surface area contributed by atoms with Crippen molar-refractivity contribution >= 4 is 5.91 Å². The Morgan fingerprint density at radius 1 is 0.867 bits per heavy atom. The molecule has 9 atom stereocenters. The molecule has 0 spiro atoms. The van der Waals surface area contributed by atoms with Gasteiger partial charge in [-0.1, -0.05) is 97.1 Å². The van der Waals surface area contributed by atoms with Crippen molar-refractivity contribution in [2.24, 2.45) is 51.8 Å². The summed E-state index contributed by atoms with van der Waals surface area (Å²) < 4.78 is 0. The van der Waals surface area contributed by atoms with E-state index < -0.39 is 5.54 Å². The smallest absolute Gasteiger partial charge is 0.227 e. The molecule has 1 aromatic carbocycles. The summed E-state index contributed by atoms with van der Waals surface area (Å²) in [5.74, 6) is 5.89. The fraction of sp³-hybridized carbons (Fsp3) is 0.756. The molecule has 0 aliphatic heterocycles. The van der Waals surface area contributed by atoms with E-state index in [4.69, 9.17) is 4.98 Å². The lowest BCUT2D eigenvalue weighted by Gasteiger charge is -2.67. The van der Waals surface area contributed by atoms with Gasteiger partial charge in [-0.15, -0.1) is 0 Å². The molecular weight excluding hydrogens is 550 g/mol. The molecule has 4 heteroatoms. The highest BCUT2D eigenvalue weighted by molar-refractivity contribution is 5.84. The molecule has 9 unspecified atom stereocenters. The molecule has 5 fully saturated rings. The number of amides is 1. The third-order valence-electron chi connectivity index (χ3n) is 14.5. The zero-order valence-electron chi connectivity index (χ0n) is 29.7. The van der Waals surface area contributed by atoms with Gasteiger partial charge in [0.05, 0.1) is 22.8 Å². The van der Waals surface area contributed by atoms with Crippen molar-refractivity contribution in [3.05, 3.63) is 42.4 Å². The molecule has 0 radical (unpaired) electrons. The molecule has 2 aromatic rings. The van der Waals surface area contributed by atoms with E-state index in [1.165, 1.54) is 77.0 Å². The minimum absolute atomic E-state index is 0.197. The van der Waals surface area contributed by atoms with Crippen LogP contribution in [-0.4, -0.2) is 15.9 Å². The predicted octanol–water partition coefficient (Wildman–Crippen LogP) is 10.7. The lowest BCUT2D eigenvalue weighted by molar-refractivity contribution is -0.185. The lowest BCUT2D eigenvalue weighted by atomic mass is 9.38. The molecule has 5 aliphatic carbocycles. The number of unbranched alkanes of at least 4 members (excludes halogenated alkanes) is 1. The van der Waals surface area contributed by atoms with Gasteiger partial charge in [0.2, 0.25) is 5.91 Å². The van der Waals surface area contributed by atoms with Crippen LogP contribution in [0.1, 0.15) is 144 Å². The quantitative estimate of drug-likeness (QED) is 0.352. The van der Waals surface area contributed by atoms with E-state index in [1.54, 1.807) is 0 Å². The number of imidazole rings is 1. The highest BCUT2D eigenvalue weighted by Gasteiger charge is 2.65. The summed E-state index contributed by atoms with van der Waals surface area (Å²) in [5, 5.41) is 3.55. The van der Waals surface area contributed by atoms with Gasteiger partial charge in [0, 0.05) is 0 Å². The number of carbonyl (C=O) groups excluding carboxylic acids is 1. The Bertz CT molecular complexity index is 1310. The normalized spacial score (nSPS) is 38.9. The molecule has 1 aromatic heterocycles. The average Bonchev–Trinajstić information content (AvgIpc) is 3.71. The lowest BCUT2D eigenvalue weighted by Crippen LogP contribution is -2.61. The highest BCUT2D eigenvalue weighted by atomic mass is 16.2. The maximum Gasteiger partial charge on any atom is 0.227 e. The topological polar surface area (TPSA) is 57.8 Å². The summed E-state index contributed by atoms with van der Waals surface area (Å²) in [6.45, 7) is 16.5. The molecule has 4 nitrogen and oxygen atoms in total. The first kappa shape index (κ1) is 32.8. The van der Waals surface area contributed by atoms with Crippen LogP contribution in [-0.2, 0) is 10.3 Å². The first-order valence-electron chi connectivity index (χ1n) is 18.9. The minimum atomic E-state index is -0.545. The number of rotatable bonds is 5. The Hall–Kier alpha value is -2.10. The van der Waals surface area contributed by atoms with Crippen molar-refractivity contribution in [2.75, 3.05) is 0 Å². The number of aromatic amines is 1. The third-order valence-corrected chi connectivity index (χ3v) is 14.5. The van der Waals surface area contributed by atoms with E-state index >= 15 is 0 Å². The number of nitrogens with zero attached hydrogens (tertiary/aromatic N) is 1. The number of carbonyl (C=O) groups is 1. The van der Waals surface area contributed by atoms with Crippen LogP contribution in [0.5, 0.6) is 0 Å². The molecule has 0 saturated heterocycles. The van der Waals surface area contributed by atoms with Crippen molar-refractivity contribution in [1.29, 1.82) is 0 Å². The third kappa shape index (κ3) is 5.52. The second-order valence-corrected chi connectivity index (χ2v) is 17.2. The molecular formula is C41H63N3O. The minimum Gasteiger partial charge on any atom is -0.344 e. The summed E-state index contributed by atoms with van der Waals surface area (Å²) >= 11 is 0. The molecule has 248 valence electrons. The zero-order chi connectivity index (χ0) is 32.0. The molecule has 1 heterocycles. The number of H-pyrrole nitrogens is 1. The monoisotopic (exact) mass is 613 g/mol. The van der Waals surface area contributed by atoms with Gasteiger partial charge in [-0.3, -0.25) is 4.79 Å². The van der Waals surface area contributed by atoms with E-state index in [9.17, 15) is 4.79 Å². The number of nitrogens with one attached hydrogen (secondary N) is 2. The van der Waals surface area contributed by atoms with Crippen LogP contribution in [0.15, 0.2) is 36.5 Å². The fourth-order valence-electron chi connectivity index (χ4n) is 12.2. The van der Waals surface area contributed by atoms with Crippen LogP contribution in [0.3, 0.4) is 0 Å². The van der Waals surface area contributed by atoms with Gasteiger partial charge < -0.3 is 10.3 Å². The summed E-state index contributed by atoms with van der Waals surface area (Å²) in [6, 6.07) is 10.3. The summed E-state index contributed by atoms with van der Waals surface area (Å²) in [4.78, 5) is 22.7. The predicted molar refractivity (Wildman–Crippen MR) is 186 cm³/mol. The molecule has 5 saturated carbocycles. The Morgan fingerprint density at radius 2 is 1.56 bits per heavy atom. The molecule has 2 N–H and O–H groups in total. The van der Waals surface area contributed by atoms with Crippen LogP contribution >= 0.6 is 0 Å². The Balaban J connectivity index is 0.000000845. The SMILES string of the molecule is CC1CCCC2(C)C1CCC1(C)C3CCC4(C(=O)NC(C)(C)c5ncc(-c6ccccc6)[nH]5)CCCC4C3CCC21.CCCC. The molecule has 5 aliphatic rings. The average molecular weight is 614 g/mol. The largest absolute Gasteiger partial charge is 0.344 e. The van der Waals surface area contributed by atoms with Crippen LogP contribution < -0.4 is 5.32 Å². The van der Waals surface area contributed by atoms with Gasteiger partial charge >= 0.3 is 0 Å². The molecule has 1 amide bonds. The van der Waals surface area contributed by atoms with E-state index in [-0.39, 0.29) is 5.41 Å². The maximum absolute atomic E-state index is 14.4. The number of hydrogen-bond donors (Lipinski definition) is 2. The van der Waals surface area contributed by atoms with Crippen molar-refractivity contribution < 1.29 is 4.79 Å². The zero-order valence-corrected chi connectivity index (χ0v) is 29.7. The van der Waals surface area contributed by atoms with Gasteiger partial charge in [0.25, 0.3) is 0 Å². The number of benzene rings is 1. The standard InChI is InChI=1S/C37H53N3O.C4H10/c1-24-11-9-19-35(4)27(24)17-21-36(5)28-18-22-37(20-10-14-29(37)26(28)15-16-31(35)36)33(41)40-34(2,3)32-38-23-30(39-32)25-12-7-6-8-13-25;1-3-4-2/h6-8,12-13,23-24,26-29,31H,9-11,14-22H2,1-5H3,(H,38,39)(H,40,41);3-4H2,1-2H3. The Morgan fingerprint density at radius 3 is 2.29 bits per heavy atom. The van der Waals surface area contributed by atoms with Crippen LogP contribution in [0, 0.1) is 51.8 Å². The summed E-state index contributed by atoms with van der Waals surface area (Å²) in [7, 11) is 0. The van der Waals surface area contributed by atoms with Gasteiger partial charge in [-0.25, -0.2) is 4.98 Å². The number of fused-ring (bicyclic) bond motifs is 7. The summed E-state index contributed by atoms with van der Waals surface area (Å²) in [6.07, 6.45) is 20.3. The number of hydrogen-bond acceptors (Lipinski definition) is 2. The molecule has 45 heavy (non-hydrogen) atoms.